The molecule has 0 radical (unpaired) electrons. The summed E-state index contributed by atoms with van der Waals surface area (Å²) in [5.41, 5.74) is 2.24. The van der Waals surface area contributed by atoms with Crippen LogP contribution < -0.4 is 19.7 Å². The molecule has 0 spiro atoms. The Balaban J connectivity index is 1.54. The number of nitrogens with zero attached hydrogens (tertiary/aromatic N) is 1. The van der Waals surface area contributed by atoms with E-state index in [1.54, 1.807) is 60.7 Å². The number of ether oxygens (including phenoxy) is 2. The van der Waals surface area contributed by atoms with Gasteiger partial charge in [0.2, 0.25) is 0 Å². The second kappa shape index (κ2) is 9.98. The Hall–Kier alpha value is -3.48. The lowest BCUT2D eigenvalue weighted by Crippen LogP contribution is -2.30. The minimum absolute atomic E-state index is 0.159. The number of carbonyl (C=O) groups is 2. The molecule has 0 unspecified atom stereocenters. The van der Waals surface area contributed by atoms with Crippen molar-refractivity contribution in [2.45, 2.75) is 13.5 Å². The maximum atomic E-state index is 12.8. The summed E-state index contributed by atoms with van der Waals surface area (Å²) in [6.07, 6.45) is 1.60. The normalized spacial score (nSPS) is 14.5. The fourth-order valence-electron chi connectivity index (χ4n) is 3.27. The Bertz CT molecular complexity index is 1210. The first kappa shape index (κ1) is 22.7. The Morgan fingerprint density at radius 1 is 0.879 bits per heavy atom. The van der Waals surface area contributed by atoms with Gasteiger partial charge in [0.1, 0.15) is 12.3 Å². The molecule has 33 heavy (non-hydrogen) atoms. The first-order chi connectivity index (χ1) is 15.9. The number of imide groups is 1. The largest absolute Gasteiger partial charge is 0.490 e. The summed E-state index contributed by atoms with van der Waals surface area (Å²) < 4.78 is 11.6. The Labute approximate surface area is 201 Å². The van der Waals surface area contributed by atoms with Crippen LogP contribution in [-0.2, 0) is 11.4 Å². The smallest absolute Gasteiger partial charge is 0.333 e. The number of amides is 3. The van der Waals surface area contributed by atoms with E-state index in [1.807, 2.05) is 19.1 Å². The number of halogens is 2. The van der Waals surface area contributed by atoms with Gasteiger partial charge in [0.05, 0.1) is 12.3 Å². The van der Waals surface area contributed by atoms with Crippen LogP contribution >= 0.6 is 23.2 Å². The third-order valence-corrected chi connectivity index (χ3v) is 5.35. The first-order valence-corrected chi connectivity index (χ1v) is 11.0. The SMILES string of the molecule is CCOc1cc(/C=C2/NC(=O)N(c3ccc(Cl)cc3)C2=O)ccc1OCc1ccc(Cl)cc1. The van der Waals surface area contributed by atoms with Crippen LogP contribution in [0.15, 0.2) is 72.4 Å². The summed E-state index contributed by atoms with van der Waals surface area (Å²) in [5.74, 6) is 0.647. The van der Waals surface area contributed by atoms with E-state index < -0.39 is 11.9 Å². The highest BCUT2D eigenvalue weighted by Crippen LogP contribution is 2.31. The maximum Gasteiger partial charge on any atom is 0.333 e. The van der Waals surface area contributed by atoms with Crippen molar-refractivity contribution in [3.8, 4) is 11.5 Å². The lowest BCUT2D eigenvalue weighted by molar-refractivity contribution is -0.113. The van der Waals surface area contributed by atoms with Gasteiger partial charge >= 0.3 is 6.03 Å². The van der Waals surface area contributed by atoms with E-state index in [-0.39, 0.29) is 5.70 Å². The van der Waals surface area contributed by atoms with Crippen LogP contribution in [-0.4, -0.2) is 18.5 Å². The number of benzene rings is 3. The zero-order valence-corrected chi connectivity index (χ0v) is 19.2. The quantitative estimate of drug-likeness (QED) is 0.327. The standard InChI is InChI=1S/C25H20Cl2N2O4/c1-2-32-23-14-17(5-12-22(23)33-15-16-3-6-18(26)7-4-16)13-21-24(30)29(25(31)28-21)20-10-8-19(27)9-11-20/h3-14H,2,15H2,1H3,(H,28,31)/b21-13+. The summed E-state index contributed by atoms with van der Waals surface area (Å²) in [7, 11) is 0. The predicted octanol–water partition coefficient (Wildman–Crippen LogP) is 6.07. The third-order valence-electron chi connectivity index (χ3n) is 4.85. The average molecular weight is 483 g/mol. The summed E-state index contributed by atoms with van der Waals surface area (Å²) in [6, 6.07) is 18.7. The Morgan fingerprint density at radius 3 is 2.21 bits per heavy atom. The van der Waals surface area contributed by atoms with Crippen molar-refractivity contribution in [3.63, 3.8) is 0 Å². The van der Waals surface area contributed by atoms with Crippen molar-refractivity contribution in [2.24, 2.45) is 0 Å². The zero-order valence-electron chi connectivity index (χ0n) is 17.7. The lowest BCUT2D eigenvalue weighted by Gasteiger charge is -2.13. The van der Waals surface area contributed by atoms with E-state index in [4.69, 9.17) is 32.7 Å². The van der Waals surface area contributed by atoms with Crippen LogP contribution in [0.2, 0.25) is 10.0 Å². The van der Waals surface area contributed by atoms with Crippen molar-refractivity contribution < 1.29 is 19.1 Å². The number of hydrogen-bond donors (Lipinski definition) is 1. The molecule has 4 rings (SSSR count). The lowest BCUT2D eigenvalue weighted by atomic mass is 10.1. The molecule has 1 N–H and O–H groups in total. The summed E-state index contributed by atoms with van der Waals surface area (Å²) >= 11 is 11.8. The number of rotatable bonds is 7. The molecule has 1 fully saturated rings. The molecular formula is C25H20Cl2N2O4. The topological polar surface area (TPSA) is 67.9 Å². The summed E-state index contributed by atoms with van der Waals surface area (Å²) in [4.78, 5) is 26.3. The molecule has 168 valence electrons. The summed E-state index contributed by atoms with van der Waals surface area (Å²) in [6.45, 7) is 2.67. The zero-order chi connectivity index (χ0) is 23.4. The molecule has 3 aromatic rings. The van der Waals surface area contributed by atoms with Crippen molar-refractivity contribution >= 4 is 46.9 Å². The molecule has 1 heterocycles. The second-order valence-corrected chi connectivity index (χ2v) is 8.03. The fraction of sp³-hybridized carbons (Fsp3) is 0.120. The second-order valence-electron chi connectivity index (χ2n) is 7.16. The van der Waals surface area contributed by atoms with Crippen molar-refractivity contribution in [3.05, 3.63) is 93.6 Å². The van der Waals surface area contributed by atoms with Gasteiger partial charge in [-0.3, -0.25) is 4.79 Å². The van der Waals surface area contributed by atoms with Crippen LogP contribution in [0.25, 0.3) is 6.08 Å². The molecule has 1 aliphatic rings. The highest BCUT2D eigenvalue weighted by molar-refractivity contribution is 6.31. The van der Waals surface area contributed by atoms with Gasteiger partial charge in [-0.2, -0.15) is 0 Å². The van der Waals surface area contributed by atoms with Gasteiger partial charge in [-0.05, 0) is 72.7 Å². The van der Waals surface area contributed by atoms with E-state index in [2.05, 4.69) is 5.32 Å². The van der Waals surface area contributed by atoms with Crippen LogP contribution in [0.5, 0.6) is 11.5 Å². The molecule has 0 atom stereocenters. The Morgan fingerprint density at radius 2 is 1.55 bits per heavy atom. The predicted molar refractivity (Wildman–Crippen MR) is 129 cm³/mol. The molecule has 0 aliphatic carbocycles. The van der Waals surface area contributed by atoms with Gasteiger partial charge in [-0.15, -0.1) is 0 Å². The number of carbonyl (C=O) groups excluding carboxylic acids is 2. The minimum atomic E-state index is -0.526. The molecule has 0 aromatic heterocycles. The van der Waals surface area contributed by atoms with E-state index in [9.17, 15) is 9.59 Å². The number of nitrogens with one attached hydrogen (secondary N) is 1. The molecule has 0 saturated carbocycles. The van der Waals surface area contributed by atoms with Gasteiger partial charge in [0.25, 0.3) is 5.91 Å². The van der Waals surface area contributed by atoms with E-state index in [0.29, 0.717) is 46.0 Å². The monoisotopic (exact) mass is 482 g/mol. The van der Waals surface area contributed by atoms with Gasteiger partial charge in [-0.1, -0.05) is 41.4 Å². The fourth-order valence-corrected chi connectivity index (χ4v) is 3.52. The van der Waals surface area contributed by atoms with Gasteiger partial charge in [-0.25, -0.2) is 9.69 Å². The summed E-state index contributed by atoms with van der Waals surface area (Å²) in [5, 5.41) is 3.79. The average Bonchev–Trinajstić information content (AvgIpc) is 3.08. The highest BCUT2D eigenvalue weighted by atomic mass is 35.5. The molecule has 3 amide bonds. The number of anilines is 1. The van der Waals surface area contributed by atoms with E-state index in [0.717, 1.165) is 10.5 Å². The van der Waals surface area contributed by atoms with Crippen molar-refractivity contribution in [1.82, 2.24) is 5.32 Å². The molecule has 8 heteroatoms. The molecule has 1 saturated heterocycles. The van der Waals surface area contributed by atoms with Crippen LogP contribution in [0.3, 0.4) is 0 Å². The van der Waals surface area contributed by atoms with Gasteiger partial charge < -0.3 is 14.8 Å². The van der Waals surface area contributed by atoms with E-state index in [1.165, 1.54) is 0 Å². The van der Waals surface area contributed by atoms with Crippen LogP contribution in [0, 0.1) is 0 Å². The Kier molecular flexibility index (Phi) is 6.87. The van der Waals surface area contributed by atoms with Gasteiger partial charge in [0, 0.05) is 10.0 Å². The molecular weight excluding hydrogens is 463 g/mol. The maximum absolute atomic E-state index is 12.8. The van der Waals surface area contributed by atoms with Crippen molar-refractivity contribution in [1.29, 1.82) is 0 Å². The molecule has 6 nitrogen and oxygen atoms in total. The number of hydrogen-bond acceptors (Lipinski definition) is 4. The third kappa shape index (κ3) is 5.30. The van der Waals surface area contributed by atoms with Gasteiger partial charge in [0.15, 0.2) is 11.5 Å². The molecule has 1 aliphatic heterocycles. The highest BCUT2D eigenvalue weighted by Gasteiger charge is 2.34. The molecule has 3 aromatic carbocycles. The minimum Gasteiger partial charge on any atom is -0.490 e. The molecule has 0 bridgehead atoms. The van der Waals surface area contributed by atoms with Crippen LogP contribution in [0.1, 0.15) is 18.1 Å². The van der Waals surface area contributed by atoms with E-state index >= 15 is 0 Å². The number of urea groups is 1. The first-order valence-electron chi connectivity index (χ1n) is 10.2. The van der Waals surface area contributed by atoms with Crippen molar-refractivity contribution in [2.75, 3.05) is 11.5 Å². The van der Waals surface area contributed by atoms with Crippen LogP contribution in [0.4, 0.5) is 10.5 Å².